The number of ether oxygens (including phenoxy) is 2. The zero-order valence-corrected chi connectivity index (χ0v) is 36.9. The number of benzene rings is 3. The highest BCUT2D eigenvalue weighted by molar-refractivity contribution is 5.89. The Kier molecular flexibility index (Phi) is 28.8. The Morgan fingerprint density at radius 3 is 1.87 bits per heavy atom. The lowest BCUT2D eigenvalue weighted by Gasteiger charge is -2.38. The minimum Gasteiger partial charge on any atom is -0.481 e. The van der Waals surface area contributed by atoms with Crippen LogP contribution in [0.15, 0.2) is 66.7 Å². The number of carboxylic acids is 3. The smallest absolute Gasteiger partial charge is 0.300 e. The second-order valence-corrected chi connectivity index (χ2v) is 15.2. The third-order valence-corrected chi connectivity index (χ3v) is 9.75. The minimum absolute atomic E-state index is 0.00178. The number of carboxylic acid groups (broad SMARTS) is 3. The van der Waals surface area contributed by atoms with Crippen molar-refractivity contribution < 1.29 is 59.3 Å². The molecule has 1 amide bonds. The number of primary amides is 1. The predicted molar refractivity (Wildman–Crippen MR) is 238 cm³/mol. The van der Waals surface area contributed by atoms with Crippen LogP contribution < -0.4 is 16.8 Å². The first-order valence-corrected chi connectivity index (χ1v) is 21.4. The maximum absolute atomic E-state index is 12.5. The summed E-state index contributed by atoms with van der Waals surface area (Å²) in [5.41, 5.74) is 14.9. The first-order valence-electron chi connectivity index (χ1n) is 21.4. The van der Waals surface area contributed by atoms with Crippen molar-refractivity contribution in [3.05, 3.63) is 83.4 Å². The standard InChI is InChI=1S/C40H60N4O6.3C2H4O2/c1-2-3-4-12-25-44(27-35(45)37(47)38-36(46)28-49-40(50-38)31-15-6-5-7-16-31)26-13-24-43-34(39(42)48)22-21-30-20-19-29(14-10-11-23-41)32-17-8-9-18-33(30)32;3*1-2(3)4/h5-9,15-20,34-38,40,43,45-47H,2-4,10-14,21-28,41H2,1H3,(H2,42,48);3*1H3,(H,3,4)/t34?,35?,36-,37?,38-,40?;;;/m1.../s1. The van der Waals surface area contributed by atoms with Crippen molar-refractivity contribution in [2.24, 2.45) is 11.5 Å². The Hall–Kier alpha value is -4.52. The van der Waals surface area contributed by atoms with Crippen LogP contribution in [0, 0.1) is 0 Å². The summed E-state index contributed by atoms with van der Waals surface area (Å²) in [6.45, 7) is 8.36. The number of nitrogens with zero attached hydrogens (tertiary/aromatic N) is 1. The van der Waals surface area contributed by atoms with E-state index < -0.39 is 54.7 Å². The summed E-state index contributed by atoms with van der Waals surface area (Å²) < 4.78 is 11.6. The van der Waals surface area contributed by atoms with E-state index in [-0.39, 0.29) is 19.1 Å². The van der Waals surface area contributed by atoms with Crippen LogP contribution in [0.2, 0.25) is 0 Å². The van der Waals surface area contributed by atoms with Crippen molar-refractivity contribution in [2.45, 2.75) is 129 Å². The number of unbranched alkanes of at least 4 members (excludes halogenated alkanes) is 4. The van der Waals surface area contributed by atoms with Crippen LogP contribution in [0.3, 0.4) is 0 Å². The van der Waals surface area contributed by atoms with Gasteiger partial charge in [-0.25, -0.2) is 0 Å². The number of nitrogens with one attached hydrogen (secondary N) is 1. The third kappa shape index (κ3) is 23.6. The van der Waals surface area contributed by atoms with Gasteiger partial charge in [0, 0.05) is 32.9 Å². The molecule has 0 bridgehead atoms. The van der Waals surface area contributed by atoms with Gasteiger partial charge in [-0.15, -0.1) is 0 Å². The first kappa shape index (κ1) is 55.5. The SMILES string of the molecule is CC(=O)O.CC(=O)O.CC(=O)O.CCCCCCN(CCCNC(CCc1ccc(CCCCN)c2ccccc12)C(N)=O)CC(O)C(O)[C@@H]1OC(c2ccccc2)OC[C@H]1O. The summed E-state index contributed by atoms with van der Waals surface area (Å²) in [6.07, 6.45) is 4.20. The summed E-state index contributed by atoms with van der Waals surface area (Å²) in [4.78, 5) is 41.6. The quantitative estimate of drug-likeness (QED) is 0.0603. The van der Waals surface area contributed by atoms with E-state index in [1.807, 2.05) is 30.3 Å². The van der Waals surface area contributed by atoms with E-state index in [2.05, 4.69) is 53.5 Å². The second kappa shape index (κ2) is 32.2. The van der Waals surface area contributed by atoms with Gasteiger partial charge in [-0.2, -0.15) is 0 Å². The van der Waals surface area contributed by atoms with Gasteiger partial charge in [0.15, 0.2) is 6.29 Å². The highest BCUT2D eigenvalue weighted by Gasteiger charge is 2.39. The van der Waals surface area contributed by atoms with Gasteiger partial charge in [0.25, 0.3) is 17.9 Å². The lowest BCUT2D eigenvalue weighted by molar-refractivity contribution is -0.283. The van der Waals surface area contributed by atoms with Crippen LogP contribution in [0.4, 0.5) is 0 Å². The molecule has 11 N–H and O–H groups in total. The topological polar surface area (TPSA) is 275 Å². The molecule has 4 rings (SSSR count). The molecule has 1 fully saturated rings. The largest absolute Gasteiger partial charge is 0.481 e. The van der Waals surface area contributed by atoms with Crippen molar-refractivity contribution in [3.63, 3.8) is 0 Å². The minimum atomic E-state index is -1.30. The maximum atomic E-state index is 12.5. The van der Waals surface area contributed by atoms with E-state index in [9.17, 15) is 20.1 Å². The molecular weight excluding hydrogens is 801 g/mol. The second-order valence-electron chi connectivity index (χ2n) is 15.2. The summed E-state index contributed by atoms with van der Waals surface area (Å²) in [5, 5.41) is 61.0. The van der Waals surface area contributed by atoms with Crippen LogP contribution in [-0.2, 0) is 41.5 Å². The van der Waals surface area contributed by atoms with E-state index in [0.29, 0.717) is 26.1 Å². The van der Waals surface area contributed by atoms with Gasteiger partial charge in [-0.1, -0.05) is 92.9 Å². The fourth-order valence-corrected chi connectivity index (χ4v) is 6.84. The summed E-state index contributed by atoms with van der Waals surface area (Å²) in [7, 11) is 0. The van der Waals surface area contributed by atoms with E-state index in [1.165, 1.54) is 21.9 Å². The fraction of sp³-hybridized carbons (Fsp3) is 0.565. The summed E-state index contributed by atoms with van der Waals surface area (Å²) >= 11 is 0. The molecule has 1 heterocycles. The fourth-order valence-electron chi connectivity index (χ4n) is 6.84. The van der Waals surface area contributed by atoms with Crippen molar-refractivity contribution in [1.29, 1.82) is 0 Å². The Morgan fingerprint density at radius 2 is 1.32 bits per heavy atom. The Balaban J connectivity index is 0.00000142. The van der Waals surface area contributed by atoms with Gasteiger partial charge in [0.1, 0.15) is 18.3 Å². The number of hydrogen-bond acceptors (Lipinski definition) is 12. The van der Waals surface area contributed by atoms with Crippen LogP contribution in [0.1, 0.15) is 102 Å². The number of nitrogens with two attached hydrogens (primary N) is 2. The van der Waals surface area contributed by atoms with Crippen LogP contribution in [-0.4, -0.2) is 129 Å². The Bertz CT molecular complexity index is 1680. The number of fused-ring (bicyclic) bond motifs is 1. The van der Waals surface area contributed by atoms with E-state index >= 15 is 0 Å². The van der Waals surface area contributed by atoms with Gasteiger partial charge < -0.3 is 61.8 Å². The Labute approximate surface area is 366 Å². The zero-order valence-electron chi connectivity index (χ0n) is 36.9. The first-order chi connectivity index (χ1) is 29.5. The Morgan fingerprint density at radius 1 is 0.774 bits per heavy atom. The molecule has 62 heavy (non-hydrogen) atoms. The molecule has 3 aromatic rings. The molecule has 0 spiro atoms. The third-order valence-electron chi connectivity index (χ3n) is 9.75. The number of aliphatic hydroxyl groups is 3. The molecular formula is C46H72N4O12. The number of hydrogen-bond donors (Lipinski definition) is 9. The van der Waals surface area contributed by atoms with Crippen molar-refractivity contribution in [2.75, 3.05) is 39.3 Å². The lowest BCUT2D eigenvalue weighted by atomic mass is 9.93. The molecule has 0 radical (unpaired) electrons. The van der Waals surface area contributed by atoms with Gasteiger partial charge in [0.2, 0.25) is 5.91 Å². The molecule has 348 valence electrons. The van der Waals surface area contributed by atoms with Gasteiger partial charge in [-0.05, 0) is 93.0 Å². The van der Waals surface area contributed by atoms with Crippen LogP contribution >= 0.6 is 0 Å². The average molecular weight is 873 g/mol. The number of aryl methyl sites for hydroxylation is 2. The normalized spacial score (nSPS) is 17.2. The molecule has 1 aliphatic rings. The van der Waals surface area contributed by atoms with Gasteiger partial charge >= 0.3 is 0 Å². The highest BCUT2D eigenvalue weighted by Crippen LogP contribution is 2.29. The van der Waals surface area contributed by atoms with Gasteiger partial charge in [-0.3, -0.25) is 19.2 Å². The highest BCUT2D eigenvalue weighted by atomic mass is 16.7. The molecule has 1 aliphatic heterocycles. The molecule has 6 atom stereocenters. The number of amides is 1. The predicted octanol–water partition coefficient (Wildman–Crippen LogP) is 4.24. The van der Waals surface area contributed by atoms with Crippen LogP contribution in [0.25, 0.3) is 10.8 Å². The summed E-state index contributed by atoms with van der Waals surface area (Å²) in [5.74, 6) is -2.87. The lowest BCUT2D eigenvalue weighted by Crippen LogP contribution is -2.54. The molecule has 3 aromatic carbocycles. The zero-order chi connectivity index (χ0) is 46.5. The van der Waals surface area contributed by atoms with E-state index in [0.717, 1.165) is 90.7 Å². The molecule has 4 unspecified atom stereocenters. The van der Waals surface area contributed by atoms with E-state index in [1.54, 1.807) is 0 Å². The molecule has 0 aromatic heterocycles. The van der Waals surface area contributed by atoms with Crippen molar-refractivity contribution in [1.82, 2.24) is 10.2 Å². The van der Waals surface area contributed by atoms with E-state index in [4.69, 9.17) is 50.6 Å². The van der Waals surface area contributed by atoms with Gasteiger partial charge in [0.05, 0.1) is 18.8 Å². The summed E-state index contributed by atoms with van der Waals surface area (Å²) in [6, 6.07) is 21.7. The monoisotopic (exact) mass is 873 g/mol. The molecule has 1 saturated heterocycles. The average Bonchev–Trinajstić information content (AvgIpc) is 3.22. The number of carbonyl (C=O) groups excluding carboxylic acids is 1. The maximum Gasteiger partial charge on any atom is 0.300 e. The van der Waals surface area contributed by atoms with Crippen molar-refractivity contribution >= 4 is 34.6 Å². The molecule has 16 nitrogen and oxygen atoms in total. The number of carbonyl (C=O) groups is 4. The number of aliphatic carboxylic acids is 3. The van der Waals surface area contributed by atoms with Crippen molar-refractivity contribution in [3.8, 4) is 0 Å². The number of rotatable bonds is 23. The van der Waals surface area contributed by atoms with Crippen LogP contribution in [0.5, 0.6) is 0 Å². The molecule has 0 aliphatic carbocycles. The molecule has 16 heteroatoms. The number of aliphatic hydroxyl groups excluding tert-OH is 3. The molecule has 0 saturated carbocycles.